The zero-order valence-electron chi connectivity index (χ0n) is 15.0. The van der Waals surface area contributed by atoms with Gasteiger partial charge in [-0.1, -0.05) is 29.8 Å². The minimum Gasteiger partial charge on any atom is -0.347 e. The third-order valence-electron chi connectivity index (χ3n) is 5.21. The summed E-state index contributed by atoms with van der Waals surface area (Å²) >= 11 is 13.7. The molecule has 0 radical (unpaired) electrons. The molecule has 0 fully saturated rings. The van der Waals surface area contributed by atoms with Gasteiger partial charge in [0.05, 0.1) is 5.41 Å². The van der Waals surface area contributed by atoms with E-state index in [1.54, 1.807) is 0 Å². The number of hydrogen-bond acceptors (Lipinski definition) is 4. The van der Waals surface area contributed by atoms with Crippen LogP contribution in [0.4, 0.5) is 0 Å². The van der Waals surface area contributed by atoms with Gasteiger partial charge in [0.25, 0.3) is 0 Å². The molecule has 0 saturated carbocycles. The highest BCUT2D eigenvalue weighted by atomic mass is 35.5. The Morgan fingerprint density at radius 3 is 2.85 bits per heavy atom. The van der Waals surface area contributed by atoms with Gasteiger partial charge in [0, 0.05) is 29.0 Å². The van der Waals surface area contributed by atoms with Crippen molar-refractivity contribution < 1.29 is 9.08 Å². The third kappa shape index (κ3) is 4.25. The average Bonchev–Trinajstić information content (AvgIpc) is 3.10. The molecule has 0 aliphatic carbocycles. The van der Waals surface area contributed by atoms with Crippen molar-refractivity contribution in [2.75, 3.05) is 6.54 Å². The quantitative estimate of drug-likeness (QED) is 0.583. The molecule has 0 spiro atoms. The molecule has 1 aromatic heterocycles. The number of hydrogen-bond donors (Lipinski definition) is 0. The number of rotatable bonds is 6. The molecule has 0 N–H and O–H groups in total. The normalized spacial score (nSPS) is 16.2. The van der Waals surface area contributed by atoms with Crippen molar-refractivity contribution in [2.24, 2.45) is 5.41 Å². The van der Waals surface area contributed by atoms with Crippen molar-refractivity contribution in [3.8, 4) is 0 Å². The average molecular weight is 412 g/mol. The maximum atomic E-state index is 12.0. The van der Waals surface area contributed by atoms with Crippen LogP contribution in [-0.2, 0) is 22.0 Å². The first-order valence-corrected chi connectivity index (χ1v) is 10.4. The minimum atomic E-state index is -0.634. The predicted molar refractivity (Wildman–Crippen MR) is 108 cm³/mol. The van der Waals surface area contributed by atoms with Gasteiger partial charge in [-0.05, 0) is 61.7 Å². The minimum absolute atomic E-state index is 0.152. The molecular weight excluding hydrogens is 389 g/mol. The van der Waals surface area contributed by atoms with Gasteiger partial charge < -0.3 is 4.29 Å². The lowest BCUT2D eigenvalue weighted by Gasteiger charge is -2.36. The number of benzene rings is 1. The number of carbonyl (C=O) groups is 1. The van der Waals surface area contributed by atoms with Crippen LogP contribution in [0.2, 0.25) is 5.02 Å². The van der Waals surface area contributed by atoms with Crippen LogP contribution in [0.1, 0.15) is 48.7 Å². The Kier molecular flexibility index (Phi) is 6.29. The van der Waals surface area contributed by atoms with E-state index < -0.39 is 11.4 Å². The van der Waals surface area contributed by atoms with Crippen LogP contribution in [0.3, 0.4) is 0 Å². The zero-order valence-corrected chi connectivity index (χ0v) is 17.3. The number of carbonyl (C=O) groups excluding carboxylic acids is 1. The summed E-state index contributed by atoms with van der Waals surface area (Å²) in [6.45, 7) is 5.64. The van der Waals surface area contributed by atoms with Crippen molar-refractivity contribution in [1.29, 1.82) is 0 Å². The number of fused-ring (bicyclic) bond motifs is 1. The first-order chi connectivity index (χ1) is 12.4. The summed E-state index contributed by atoms with van der Waals surface area (Å²) in [6.07, 6.45) is 2.53. The van der Waals surface area contributed by atoms with E-state index in [0.29, 0.717) is 6.42 Å². The second kappa shape index (κ2) is 8.30. The Balaban J connectivity index is 1.84. The maximum Gasteiger partial charge on any atom is 0.330 e. The molecule has 26 heavy (non-hydrogen) atoms. The second-order valence-electron chi connectivity index (χ2n) is 7.41. The summed E-state index contributed by atoms with van der Waals surface area (Å²) in [4.78, 5) is 15.9. The summed E-state index contributed by atoms with van der Waals surface area (Å²) in [7, 11) is 0. The van der Waals surface area contributed by atoms with Gasteiger partial charge in [0.15, 0.2) is 0 Å². The Labute approximate surface area is 169 Å². The molecule has 0 bridgehead atoms. The molecule has 1 aromatic carbocycles. The highest BCUT2D eigenvalue weighted by Gasteiger charge is 2.33. The van der Waals surface area contributed by atoms with Crippen LogP contribution in [0.15, 0.2) is 35.7 Å². The van der Waals surface area contributed by atoms with Crippen LogP contribution in [0, 0.1) is 5.41 Å². The molecule has 1 unspecified atom stereocenters. The van der Waals surface area contributed by atoms with Gasteiger partial charge in [-0.25, -0.2) is 4.79 Å². The van der Waals surface area contributed by atoms with Gasteiger partial charge in [-0.3, -0.25) is 4.90 Å². The van der Waals surface area contributed by atoms with E-state index in [-0.39, 0.29) is 6.04 Å². The highest BCUT2D eigenvalue weighted by molar-refractivity contribution is 7.10. The molecule has 140 valence electrons. The van der Waals surface area contributed by atoms with Crippen LogP contribution >= 0.6 is 34.8 Å². The van der Waals surface area contributed by atoms with E-state index in [2.05, 4.69) is 26.7 Å². The summed E-state index contributed by atoms with van der Waals surface area (Å²) < 4.78 is 4.45. The monoisotopic (exact) mass is 411 g/mol. The van der Waals surface area contributed by atoms with E-state index in [9.17, 15) is 4.79 Å². The number of thiophene rings is 1. The lowest BCUT2D eigenvalue weighted by molar-refractivity contribution is -0.144. The molecule has 0 saturated heterocycles. The van der Waals surface area contributed by atoms with Crippen LogP contribution in [0.5, 0.6) is 0 Å². The van der Waals surface area contributed by atoms with Crippen LogP contribution < -0.4 is 0 Å². The zero-order chi connectivity index (χ0) is 18.7. The molecule has 2 heterocycles. The molecular formula is C20H23Cl2NO2S. The summed E-state index contributed by atoms with van der Waals surface area (Å²) in [5, 5.41) is 2.93. The Bertz CT molecular complexity index is 775. The van der Waals surface area contributed by atoms with E-state index >= 15 is 0 Å². The highest BCUT2D eigenvalue weighted by Crippen LogP contribution is 2.38. The summed E-state index contributed by atoms with van der Waals surface area (Å²) in [5.74, 6) is -0.393. The lowest BCUT2D eigenvalue weighted by atomic mass is 9.84. The fourth-order valence-electron chi connectivity index (χ4n) is 3.52. The van der Waals surface area contributed by atoms with Gasteiger partial charge in [0.2, 0.25) is 0 Å². The van der Waals surface area contributed by atoms with Gasteiger partial charge in [-0.2, -0.15) is 0 Å². The SMILES string of the molecule is CC(C)(CCC(c1ccccc1Cl)N1CCc2sccc2C1)C(=O)OCl. The van der Waals surface area contributed by atoms with E-state index in [1.807, 2.05) is 43.4 Å². The molecule has 0 amide bonds. The smallest absolute Gasteiger partial charge is 0.330 e. The van der Waals surface area contributed by atoms with Crippen molar-refractivity contribution >= 4 is 40.8 Å². The second-order valence-corrected chi connectivity index (χ2v) is 8.98. The molecule has 2 aromatic rings. The van der Waals surface area contributed by atoms with Crippen molar-refractivity contribution in [1.82, 2.24) is 4.90 Å². The molecule has 1 aliphatic rings. The predicted octanol–water partition coefficient (Wildman–Crippen LogP) is 6.00. The van der Waals surface area contributed by atoms with E-state index in [4.69, 9.17) is 23.5 Å². The lowest BCUT2D eigenvalue weighted by Crippen LogP contribution is -2.35. The Hall–Kier alpha value is -1.07. The Morgan fingerprint density at radius 2 is 2.12 bits per heavy atom. The summed E-state index contributed by atoms with van der Waals surface area (Å²) in [5.41, 5.74) is 1.88. The first kappa shape index (κ1) is 19.7. The topological polar surface area (TPSA) is 29.5 Å². The summed E-state index contributed by atoms with van der Waals surface area (Å²) in [6, 6.07) is 10.4. The van der Waals surface area contributed by atoms with Crippen LogP contribution in [0.25, 0.3) is 0 Å². The first-order valence-electron chi connectivity index (χ1n) is 8.79. The van der Waals surface area contributed by atoms with E-state index in [1.165, 1.54) is 10.4 Å². The van der Waals surface area contributed by atoms with Gasteiger partial charge in [-0.15, -0.1) is 11.3 Å². The molecule has 3 rings (SSSR count). The van der Waals surface area contributed by atoms with Crippen LogP contribution in [-0.4, -0.2) is 17.4 Å². The standard InChI is InChI=1S/C20H23Cl2NO2S/c1-20(2,19(24)25-22)10-7-17(15-5-3-4-6-16(15)21)23-11-8-18-14(13-23)9-12-26-18/h3-6,9,12,17H,7-8,10-11,13H2,1-2H3. The number of nitrogens with zero attached hydrogens (tertiary/aromatic N) is 1. The van der Waals surface area contributed by atoms with Crippen molar-refractivity contribution in [3.05, 3.63) is 56.7 Å². The third-order valence-corrected chi connectivity index (χ3v) is 6.71. The maximum absolute atomic E-state index is 12.0. The molecule has 6 heteroatoms. The fraction of sp³-hybridized carbons (Fsp3) is 0.450. The van der Waals surface area contributed by atoms with E-state index in [0.717, 1.165) is 36.5 Å². The molecule has 1 aliphatic heterocycles. The molecule has 3 nitrogen and oxygen atoms in total. The van der Waals surface area contributed by atoms with Crippen molar-refractivity contribution in [3.63, 3.8) is 0 Å². The number of halogens is 2. The van der Waals surface area contributed by atoms with Gasteiger partial charge >= 0.3 is 5.97 Å². The largest absolute Gasteiger partial charge is 0.347 e. The fourth-order valence-corrected chi connectivity index (χ4v) is 4.88. The van der Waals surface area contributed by atoms with Crippen molar-refractivity contribution in [2.45, 2.75) is 45.7 Å². The molecule has 1 atom stereocenters. The Morgan fingerprint density at radius 1 is 1.35 bits per heavy atom. The van der Waals surface area contributed by atoms with Gasteiger partial charge in [0.1, 0.15) is 11.9 Å².